The van der Waals surface area contributed by atoms with Gasteiger partial charge in [0.05, 0.1) is 5.56 Å². The van der Waals surface area contributed by atoms with Crippen molar-refractivity contribution >= 4 is 5.97 Å². The summed E-state index contributed by atoms with van der Waals surface area (Å²) in [5.74, 6) is -1.89. The van der Waals surface area contributed by atoms with Crippen LogP contribution in [-0.4, -0.2) is 53.1 Å². The maximum atomic E-state index is 13.3. The third kappa shape index (κ3) is 3.55. The third-order valence-electron chi connectivity index (χ3n) is 3.80. The molecule has 1 aromatic rings. The molecular formula is C15H21FN2O2. The number of benzene rings is 1. The summed E-state index contributed by atoms with van der Waals surface area (Å²) in [7, 11) is 0. The van der Waals surface area contributed by atoms with Crippen LogP contribution in [0.15, 0.2) is 18.2 Å². The minimum absolute atomic E-state index is 0.247. The molecule has 1 aromatic carbocycles. The van der Waals surface area contributed by atoms with Crippen LogP contribution in [0.5, 0.6) is 0 Å². The van der Waals surface area contributed by atoms with Gasteiger partial charge in [-0.15, -0.1) is 0 Å². The van der Waals surface area contributed by atoms with Crippen LogP contribution in [0, 0.1) is 5.82 Å². The van der Waals surface area contributed by atoms with E-state index in [4.69, 9.17) is 5.11 Å². The van der Waals surface area contributed by atoms with Crippen molar-refractivity contribution in [2.75, 3.05) is 26.2 Å². The van der Waals surface area contributed by atoms with E-state index in [-0.39, 0.29) is 5.56 Å². The number of carboxylic acid groups (broad SMARTS) is 1. The molecule has 0 atom stereocenters. The van der Waals surface area contributed by atoms with Gasteiger partial charge in [-0.1, -0.05) is 6.07 Å². The van der Waals surface area contributed by atoms with E-state index >= 15 is 0 Å². The molecule has 1 saturated heterocycles. The zero-order valence-electron chi connectivity index (χ0n) is 12.0. The third-order valence-corrected chi connectivity index (χ3v) is 3.80. The highest BCUT2D eigenvalue weighted by atomic mass is 19.1. The topological polar surface area (TPSA) is 43.8 Å². The Bertz CT molecular complexity index is 483. The van der Waals surface area contributed by atoms with Gasteiger partial charge in [-0.25, -0.2) is 9.18 Å². The van der Waals surface area contributed by atoms with Crippen LogP contribution in [0.4, 0.5) is 4.39 Å². The maximum absolute atomic E-state index is 13.3. The summed E-state index contributed by atoms with van der Waals surface area (Å²) in [6, 6.07) is 4.90. The molecule has 110 valence electrons. The van der Waals surface area contributed by atoms with E-state index in [2.05, 4.69) is 23.6 Å². The normalized spacial score (nSPS) is 17.6. The van der Waals surface area contributed by atoms with Crippen molar-refractivity contribution in [2.45, 2.75) is 26.4 Å². The number of hydrogen-bond donors (Lipinski definition) is 1. The Hall–Kier alpha value is -1.46. The first kappa shape index (κ1) is 14.9. The zero-order chi connectivity index (χ0) is 14.7. The molecule has 0 aromatic heterocycles. The lowest BCUT2D eigenvalue weighted by molar-refractivity contribution is 0.0691. The van der Waals surface area contributed by atoms with E-state index in [1.807, 2.05) is 0 Å². The van der Waals surface area contributed by atoms with E-state index in [9.17, 15) is 9.18 Å². The van der Waals surface area contributed by atoms with Crippen molar-refractivity contribution in [3.63, 3.8) is 0 Å². The minimum Gasteiger partial charge on any atom is -0.478 e. The van der Waals surface area contributed by atoms with Gasteiger partial charge in [-0.2, -0.15) is 0 Å². The number of carbonyl (C=O) groups is 1. The molecule has 0 aliphatic carbocycles. The molecule has 1 fully saturated rings. The summed E-state index contributed by atoms with van der Waals surface area (Å²) >= 11 is 0. The summed E-state index contributed by atoms with van der Waals surface area (Å²) in [5.41, 5.74) is 0.602. The van der Waals surface area contributed by atoms with Gasteiger partial charge in [0.15, 0.2) is 0 Å². The summed E-state index contributed by atoms with van der Waals surface area (Å²) in [5, 5.41) is 8.93. The van der Waals surface area contributed by atoms with Crippen LogP contribution in [0.25, 0.3) is 0 Å². The predicted octanol–water partition coefficient (Wildman–Crippen LogP) is 2.05. The fraction of sp³-hybridized carbons (Fsp3) is 0.533. The molecule has 0 spiro atoms. The van der Waals surface area contributed by atoms with Crippen LogP contribution in [0.3, 0.4) is 0 Å². The Balaban J connectivity index is 1.98. The standard InChI is InChI=1S/C15H21FN2O2/c1-11(2)18-7-5-17(6-8-18)10-12-3-4-14(16)13(9-12)15(19)20/h3-4,9,11H,5-8,10H2,1-2H3,(H,19,20). The van der Waals surface area contributed by atoms with Crippen LogP contribution in [0.1, 0.15) is 29.8 Å². The Morgan fingerprint density at radius 1 is 1.30 bits per heavy atom. The molecule has 0 unspecified atom stereocenters. The number of nitrogens with zero attached hydrogens (tertiary/aromatic N) is 2. The average Bonchev–Trinajstić information content (AvgIpc) is 2.41. The highest BCUT2D eigenvalue weighted by Crippen LogP contribution is 2.14. The van der Waals surface area contributed by atoms with Gasteiger partial charge in [-0.3, -0.25) is 9.80 Å². The molecule has 20 heavy (non-hydrogen) atoms. The Morgan fingerprint density at radius 2 is 1.95 bits per heavy atom. The molecule has 4 nitrogen and oxygen atoms in total. The molecular weight excluding hydrogens is 259 g/mol. The number of carboxylic acids is 1. The highest BCUT2D eigenvalue weighted by molar-refractivity contribution is 5.88. The summed E-state index contributed by atoms with van der Waals surface area (Å²) in [4.78, 5) is 15.6. The molecule has 2 rings (SSSR count). The smallest absolute Gasteiger partial charge is 0.338 e. The van der Waals surface area contributed by atoms with Crippen molar-refractivity contribution < 1.29 is 14.3 Å². The predicted molar refractivity (Wildman–Crippen MR) is 75.3 cm³/mol. The molecule has 1 N–H and O–H groups in total. The van der Waals surface area contributed by atoms with E-state index in [1.165, 1.54) is 12.1 Å². The summed E-state index contributed by atoms with van der Waals surface area (Å²) in [6.07, 6.45) is 0. The largest absolute Gasteiger partial charge is 0.478 e. The van der Waals surface area contributed by atoms with Crippen molar-refractivity contribution in [1.29, 1.82) is 0 Å². The molecule has 0 saturated carbocycles. The maximum Gasteiger partial charge on any atom is 0.338 e. The first-order valence-corrected chi connectivity index (χ1v) is 6.95. The molecule has 5 heteroatoms. The Labute approximate surface area is 118 Å². The van der Waals surface area contributed by atoms with Crippen molar-refractivity contribution in [1.82, 2.24) is 9.80 Å². The van der Waals surface area contributed by atoms with Crippen LogP contribution >= 0.6 is 0 Å². The van der Waals surface area contributed by atoms with Gasteiger partial charge in [0.25, 0.3) is 0 Å². The highest BCUT2D eigenvalue weighted by Gasteiger charge is 2.19. The summed E-state index contributed by atoms with van der Waals surface area (Å²) in [6.45, 7) is 9.00. The lowest BCUT2D eigenvalue weighted by Gasteiger charge is -2.36. The van der Waals surface area contributed by atoms with Crippen LogP contribution < -0.4 is 0 Å². The Kier molecular flexibility index (Phi) is 4.73. The SMILES string of the molecule is CC(C)N1CCN(Cc2ccc(F)c(C(=O)O)c2)CC1. The number of aromatic carboxylic acids is 1. The monoisotopic (exact) mass is 280 g/mol. The number of piperazine rings is 1. The van der Waals surface area contributed by atoms with Gasteiger partial charge < -0.3 is 5.11 Å². The fourth-order valence-electron chi connectivity index (χ4n) is 2.53. The van der Waals surface area contributed by atoms with E-state index in [1.54, 1.807) is 6.07 Å². The van der Waals surface area contributed by atoms with E-state index < -0.39 is 11.8 Å². The van der Waals surface area contributed by atoms with E-state index in [0.29, 0.717) is 12.6 Å². The molecule has 0 amide bonds. The number of hydrogen-bond acceptors (Lipinski definition) is 3. The van der Waals surface area contributed by atoms with Gasteiger partial charge >= 0.3 is 5.97 Å². The average molecular weight is 280 g/mol. The second kappa shape index (κ2) is 6.33. The first-order valence-electron chi connectivity index (χ1n) is 6.95. The van der Waals surface area contributed by atoms with Crippen molar-refractivity contribution in [3.05, 3.63) is 35.1 Å². The van der Waals surface area contributed by atoms with Gasteiger partial charge in [0.1, 0.15) is 5.82 Å². The first-order chi connectivity index (χ1) is 9.47. The Morgan fingerprint density at radius 3 is 2.50 bits per heavy atom. The molecule has 0 radical (unpaired) electrons. The quantitative estimate of drug-likeness (QED) is 0.916. The van der Waals surface area contributed by atoms with Crippen LogP contribution in [0.2, 0.25) is 0 Å². The van der Waals surface area contributed by atoms with Gasteiger partial charge in [0, 0.05) is 38.8 Å². The van der Waals surface area contributed by atoms with Crippen LogP contribution in [-0.2, 0) is 6.54 Å². The van der Waals surface area contributed by atoms with E-state index in [0.717, 1.165) is 31.7 Å². The lowest BCUT2D eigenvalue weighted by Crippen LogP contribution is -2.48. The summed E-state index contributed by atoms with van der Waals surface area (Å²) < 4.78 is 13.3. The lowest BCUT2D eigenvalue weighted by atomic mass is 10.1. The molecule has 0 bridgehead atoms. The van der Waals surface area contributed by atoms with Crippen molar-refractivity contribution in [2.24, 2.45) is 0 Å². The molecule has 1 heterocycles. The number of halogens is 1. The minimum atomic E-state index is -1.21. The van der Waals surface area contributed by atoms with Crippen molar-refractivity contribution in [3.8, 4) is 0 Å². The van der Waals surface area contributed by atoms with Gasteiger partial charge in [0.2, 0.25) is 0 Å². The number of rotatable bonds is 4. The second-order valence-electron chi connectivity index (χ2n) is 5.53. The van der Waals surface area contributed by atoms with Gasteiger partial charge in [-0.05, 0) is 31.5 Å². The zero-order valence-corrected chi connectivity index (χ0v) is 12.0. The second-order valence-corrected chi connectivity index (χ2v) is 5.53. The fourth-order valence-corrected chi connectivity index (χ4v) is 2.53. The molecule has 1 aliphatic rings. The molecule has 1 aliphatic heterocycles.